The van der Waals surface area contributed by atoms with Gasteiger partial charge in [-0.15, -0.1) is 0 Å². The zero-order chi connectivity index (χ0) is 10.5. The summed E-state index contributed by atoms with van der Waals surface area (Å²) in [5.41, 5.74) is 0.0651. The SMILES string of the molecule is CC(=CCCCS(=O)(=O)O)C(=O)[O-].[Li+]. The van der Waals surface area contributed by atoms with E-state index in [1.165, 1.54) is 13.0 Å². The Hall–Kier alpha value is -0.283. The van der Waals surface area contributed by atoms with E-state index in [0.29, 0.717) is 6.42 Å². The fourth-order valence-electron chi connectivity index (χ4n) is 0.668. The standard InChI is InChI=1S/C7H12O5S.Li/c1-6(7(8)9)4-2-3-5-13(10,11)12;/h4H,2-3,5H2,1H3,(H,8,9)(H,10,11,12);/q;+1/p-1. The van der Waals surface area contributed by atoms with E-state index in [4.69, 9.17) is 4.55 Å². The van der Waals surface area contributed by atoms with Crippen LogP contribution in [0, 0.1) is 0 Å². The molecule has 14 heavy (non-hydrogen) atoms. The minimum absolute atomic E-state index is 0. The minimum atomic E-state index is -3.93. The molecule has 0 saturated carbocycles. The van der Waals surface area contributed by atoms with E-state index < -0.39 is 16.1 Å². The topological polar surface area (TPSA) is 94.5 Å². The van der Waals surface area contributed by atoms with Crippen molar-refractivity contribution in [2.24, 2.45) is 0 Å². The summed E-state index contributed by atoms with van der Waals surface area (Å²) in [6.07, 6.45) is 1.85. The summed E-state index contributed by atoms with van der Waals surface area (Å²) in [7, 11) is -3.93. The molecular formula is C7H11LiO5S. The Balaban J connectivity index is 0. The van der Waals surface area contributed by atoms with Crippen molar-refractivity contribution >= 4 is 16.1 Å². The van der Waals surface area contributed by atoms with Crippen molar-refractivity contribution in [1.82, 2.24) is 0 Å². The molecule has 76 valence electrons. The molecule has 0 aromatic carbocycles. The maximum absolute atomic E-state index is 10.2. The first-order valence-corrected chi connectivity index (χ1v) is 5.27. The second-order valence-electron chi connectivity index (χ2n) is 2.60. The van der Waals surface area contributed by atoms with Crippen molar-refractivity contribution < 1.29 is 41.7 Å². The molecule has 0 aromatic heterocycles. The summed E-state index contributed by atoms with van der Waals surface area (Å²) in [4.78, 5) is 10.1. The molecular weight excluding hydrogens is 203 g/mol. The molecule has 0 rings (SSSR count). The van der Waals surface area contributed by atoms with Crippen LogP contribution in [0.1, 0.15) is 19.8 Å². The van der Waals surface area contributed by atoms with E-state index in [-0.39, 0.29) is 36.6 Å². The van der Waals surface area contributed by atoms with Gasteiger partial charge in [0.05, 0.1) is 11.7 Å². The predicted octanol–water partition coefficient (Wildman–Crippen LogP) is -3.65. The second kappa shape index (κ2) is 7.07. The quantitative estimate of drug-likeness (QED) is 0.220. The minimum Gasteiger partial charge on any atom is -0.545 e. The number of carbonyl (C=O) groups is 1. The summed E-state index contributed by atoms with van der Waals surface area (Å²) in [6.45, 7) is 1.36. The first-order chi connectivity index (χ1) is 5.83. The maximum atomic E-state index is 10.2. The van der Waals surface area contributed by atoms with E-state index in [9.17, 15) is 18.3 Å². The van der Waals surface area contributed by atoms with Crippen molar-refractivity contribution in [2.75, 3.05) is 5.75 Å². The zero-order valence-electron chi connectivity index (χ0n) is 8.19. The molecule has 0 aliphatic rings. The Morgan fingerprint density at radius 2 is 2.00 bits per heavy atom. The first kappa shape index (κ1) is 16.2. The van der Waals surface area contributed by atoms with Crippen LogP contribution in [0.3, 0.4) is 0 Å². The molecule has 1 N–H and O–H groups in total. The maximum Gasteiger partial charge on any atom is 1.00 e. The third kappa shape index (κ3) is 9.80. The van der Waals surface area contributed by atoms with Crippen LogP contribution in [0.15, 0.2) is 11.6 Å². The predicted molar refractivity (Wildman–Crippen MR) is 44.4 cm³/mol. The molecule has 0 heterocycles. The summed E-state index contributed by atoms with van der Waals surface area (Å²) >= 11 is 0. The van der Waals surface area contributed by atoms with Crippen molar-refractivity contribution in [1.29, 1.82) is 0 Å². The molecule has 0 atom stereocenters. The fourth-order valence-corrected chi connectivity index (χ4v) is 1.20. The van der Waals surface area contributed by atoms with E-state index >= 15 is 0 Å². The molecule has 0 fully saturated rings. The van der Waals surface area contributed by atoms with Gasteiger partial charge in [0.15, 0.2) is 0 Å². The normalized spacial score (nSPS) is 12.0. The molecule has 0 saturated heterocycles. The molecule has 0 bridgehead atoms. The van der Waals surface area contributed by atoms with Gasteiger partial charge in [0.1, 0.15) is 0 Å². The number of rotatable bonds is 5. The zero-order valence-corrected chi connectivity index (χ0v) is 9.00. The van der Waals surface area contributed by atoms with E-state index in [0.717, 1.165) is 0 Å². The Kier molecular flexibility index (Phi) is 8.16. The summed E-state index contributed by atoms with van der Waals surface area (Å²) < 4.78 is 28.7. The van der Waals surface area contributed by atoms with Crippen LogP contribution in [-0.4, -0.2) is 24.7 Å². The monoisotopic (exact) mass is 214 g/mol. The molecule has 0 spiro atoms. The third-order valence-corrected chi connectivity index (χ3v) is 2.18. The second-order valence-corrected chi connectivity index (χ2v) is 4.17. The molecule has 0 radical (unpaired) electrons. The molecule has 0 aliphatic heterocycles. The molecule has 0 unspecified atom stereocenters. The van der Waals surface area contributed by atoms with Crippen LogP contribution in [0.2, 0.25) is 0 Å². The average Bonchev–Trinajstić information content (AvgIpc) is 1.95. The van der Waals surface area contributed by atoms with Crippen LogP contribution >= 0.6 is 0 Å². The number of aliphatic carboxylic acids is 1. The van der Waals surface area contributed by atoms with Gasteiger partial charge in [-0.2, -0.15) is 8.42 Å². The van der Waals surface area contributed by atoms with Gasteiger partial charge in [0.2, 0.25) is 0 Å². The van der Waals surface area contributed by atoms with Gasteiger partial charge in [0.25, 0.3) is 10.1 Å². The number of carbonyl (C=O) groups excluding carboxylic acids is 1. The smallest absolute Gasteiger partial charge is 0.545 e. The third-order valence-electron chi connectivity index (χ3n) is 1.38. The van der Waals surface area contributed by atoms with Gasteiger partial charge in [-0.3, -0.25) is 4.55 Å². The van der Waals surface area contributed by atoms with Crippen LogP contribution in [0.25, 0.3) is 0 Å². The van der Waals surface area contributed by atoms with Gasteiger partial charge >= 0.3 is 18.9 Å². The summed E-state index contributed by atoms with van der Waals surface area (Å²) in [5, 5.41) is 10.1. The van der Waals surface area contributed by atoms with Crippen LogP contribution in [0.4, 0.5) is 0 Å². The summed E-state index contributed by atoms with van der Waals surface area (Å²) in [5.74, 6) is -1.63. The fraction of sp³-hybridized carbons (Fsp3) is 0.571. The number of hydrogen-bond acceptors (Lipinski definition) is 4. The van der Waals surface area contributed by atoms with Gasteiger partial charge in [-0.1, -0.05) is 6.08 Å². The largest absolute Gasteiger partial charge is 1.00 e. The number of carboxylic acids is 1. The van der Waals surface area contributed by atoms with Crippen LogP contribution in [-0.2, 0) is 14.9 Å². The average molecular weight is 214 g/mol. The Bertz CT molecular complexity index is 306. The Labute approximate surface area is 95.1 Å². The summed E-state index contributed by atoms with van der Waals surface area (Å²) in [6, 6.07) is 0. The molecule has 0 amide bonds. The molecule has 7 heteroatoms. The number of hydrogen-bond donors (Lipinski definition) is 1. The van der Waals surface area contributed by atoms with Gasteiger partial charge < -0.3 is 9.90 Å². The van der Waals surface area contributed by atoms with Gasteiger partial charge in [-0.05, 0) is 25.3 Å². The van der Waals surface area contributed by atoms with Gasteiger partial charge in [-0.25, -0.2) is 0 Å². The number of carboxylic acid groups (broad SMARTS) is 1. The van der Waals surface area contributed by atoms with Crippen LogP contribution in [0.5, 0.6) is 0 Å². The number of allylic oxidation sites excluding steroid dienone is 1. The number of unbranched alkanes of at least 4 members (excludes halogenated alkanes) is 1. The molecule has 5 nitrogen and oxygen atoms in total. The Morgan fingerprint density at radius 1 is 1.50 bits per heavy atom. The van der Waals surface area contributed by atoms with Crippen molar-refractivity contribution in [2.45, 2.75) is 19.8 Å². The molecule has 0 aliphatic carbocycles. The van der Waals surface area contributed by atoms with Crippen LogP contribution < -0.4 is 24.0 Å². The van der Waals surface area contributed by atoms with E-state index in [1.54, 1.807) is 0 Å². The Morgan fingerprint density at radius 3 is 2.36 bits per heavy atom. The van der Waals surface area contributed by atoms with Crippen molar-refractivity contribution in [3.63, 3.8) is 0 Å². The van der Waals surface area contributed by atoms with Crippen molar-refractivity contribution in [3.8, 4) is 0 Å². The van der Waals surface area contributed by atoms with Gasteiger partial charge in [0, 0.05) is 0 Å². The van der Waals surface area contributed by atoms with Crippen molar-refractivity contribution in [3.05, 3.63) is 11.6 Å². The van der Waals surface area contributed by atoms with E-state index in [1.807, 2.05) is 0 Å². The van der Waals surface area contributed by atoms with E-state index in [2.05, 4.69) is 0 Å². The first-order valence-electron chi connectivity index (χ1n) is 3.66. The molecule has 0 aromatic rings.